The van der Waals surface area contributed by atoms with E-state index in [0.29, 0.717) is 10.0 Å². The van der Waals surface area contributed by atoms with Crippen LogP contribution in [0.3, 0.4) is 0 Å². The lowest BCUT2D eigenvalue weighted by Gasteiger charge is -2.07. The van der Waals surface area contributed by atoms with Gasteiger partial charge in [-0.25, -0.2) is 13.4 Å². The number of thiazole rings is 1. The number of hydrogen-bond donors (Lipinski definition) is 1. The fourth-order valence-electron chi connectivity index (χ4n) is 3.02. The van der Waals surface area contributed by atoms with Gasteiger partial charge in [-0.05, 0) is 61.1 Å². The van der Waals surface area contributed by atoms with Gasteiger partial charge >= 0.3 is 0 Å². The summed E-state index contributed by atoms with van der Waals surface area (Å²) < 4.78 is 28.8. The molecule has 6 heteroatoms. The van der Waals surface area contributed by atoms with Crippen LogP contribution in [-0.2, 0) is 22.9 Å². The third kappa shape index (κ3) is 2.62. The van der Waals surface area contributed by atoms with Crippen molar-refractivity contribution in [3.63, 3.8) is 0 Å². The lowest BCUT2D eigenvalue weighted by atomic mass is 10.1. The molecule has 0 saturated heterocycles. The highest BCUT2D eigenvalue weighted by Gasteiger charge is 2.20. The number of anilines is 1. The number of nitrogens with zero attached hydrogens (tertiary/aromatic N) is 1. The molecule has 1 N–H and O–H groups in total. The Morgan fingerprint density at radius 3 is 2.78 bits per heavy atom. The molecule has 0 bridgehead atoms. The number of aromatic nitrogens is 1. The molecule has 2 aromatic carbocycles. The summed E-state index contributed by atoms with van der Waals surface area (Å²) in [5, 5.41) is 0.412. The number of nitrogens with one attached hydrogen (secondary N) is 1. The first-order chi connectivity index (χ1) is 11.0. The lowest BCUT2D eigenvalue weighted by molar-refractivity contribution is 0.601. The van der Waals surface area contributed by atoms with Gasteiger partial charge in [-0.2, -0.15) is 0 Å². The van der Waals surface area contributed by atoms with Crippen molar-refractivity contribution >= 4 is 36.7 Å². The molecule has 0 radical (unpaired) electrons. The molecule has 1 heterocycles. The second kappa shape index (κ2) is 5.32. The van der Waals surface area contributed by atoms with E-state index in [1.807, 2.05) is 31.2 Å². The summed E-state index contributed by atoms with van der Waals surface area (Å²) in [6.45, 7) is 1.97. The molecule has 1 aliphatic carbocycles. The fourth-order valence-corrected chi connectivity index (χ4v) is 5.25. The first kappa shape index (κ1) is 14.7. The average molecular weight is 344 g/mol. The van der Waals surface area contributed by atoms with Crippen LogP contribution < -0.4 is 4.72 Å². The van der Waals surface area contributed by atoms with Crippen LogP contribution in [0.2, 0.25) is 0 Å². The summed E-state index contributed by atoms with van der Waals surface area (Å²) in [7, 11) is -3.60. The molecule has 4 nitrogen and oxygen atoms in total. The molecule has 0 aliphatic heterocycles. The molecule has 0 saturated carbocycles. The lowest BCUT2D eigenvalue weighted by Crippen LogP contribution is -2.13. The van der Waals surface area contributed by atoms with Crippen LogP contribution in [0.1, 0.15) is 23.1 Å². The van der Waals surface area contributed by atoms with E-state index in [2.05, 4.69) is 9.71 Å². The smallest absolute Gasteiger partial charge is 0.255 e. The zero-order valence-corrected chi connectivity index (χ0v) is 14.3. The molecule has 0 unspecified atom stereocenters. The number of aryl methyl sites for hydroxylation is 3. The monoisotopic (exact) mass is 344 g/mol. The van der Waals surface area contributed by atoms with Gasteiger partial charge in [-0.15, -0.1) is 0 Å². The van der Waals surface area contributed by atoms with Gasteiger partial charge in [0.1, 0.15) is 0 Å². The molecule has 3 aromatic rings. The Morgan fingerprint density at radius 1 is 1.13 bits per heavy atom. The van der Waals surface area contributed by atoms with Gasteiger partial charge in [0, 0.05) is 0 Å². The number of rotatable bonds is 3. The van der Waals surface area contributed by atoms with Gasteiger partial charge in [0.25, 0.3) is 10.0 Å². The molecule has 118 valence electrons. The minimum absolute atomic E-state index is 0.314. The predicted molar refractivity (Wildman–Crippen MR) is 93.6 cm³/mol. The summed E-state index contributed by atoms with van der Waals surface area (Å²) in [4.78, 5) is 4.74. The molecule has 1 aliphatic rings. The summed E-state index contributed by atoms with van der Waals surface area (Å²) in [6.07, 6.45) is 3.10. The van der Waals surface area contributed by atoms with Crippen LogP contribution in [-0.4, -0.2) is 13.4 Å². The second-order valence-electron chi connectivity index (χ2n) is 5.83. The first-order valence-corrected chi connectivity index (χ1v) is 9.84. The van der Waals surface area contributed by atoms with E-state index in [4.69, 9.17) is 0 Å². The van der Waals surface area contributed by atoms with Crippen LogP contribution in [0.25, 0.3) is 10.2 Å². The first-order valence-electron chi connectivity index (χ1n) is 7.54. The SMILES string of the molecule is Cc1cccc2sc(NS(=O)(=O)c3ccc4c(c3)CCC4)nc12. The van der Waals surface area contributed by atoms with Crippen molar-refractivity contribution in [1.29, 1.82) is 0 Å². The normalized spacial score (nSPS) is 14.1. The van der Waals surface area contributed by atoms with E-state index in [9.17, 15) is 8.42 Å². The van der Waals surface area contributed by atoms with Crippen LogP contribution in [0.4, 0.5) is 5.13 Å². The van der Waals surface area contributed by atoms with Crippen molar-refractivity contribution in [2.24, 2.45) is 0 Å². The molecule has 0 atom stereocenters. The molecule has 23 heavy (non-hydrogen) atoms. The summed E-state index contributed by atoms with van der Waals surface area (Å²) in [6, 6.07) is 11.3. The van der Waals surface area contributed by atoms with Gasteiger partial charge in [0.15, 0.2) is 5.13 Å². The highest BCUT2D eigenvalue weighted by molar-refractivity contribution is 7.93. The topological polar surface area (TPSA) is 59.1 Å². The maximum atomic E-state index is 12.6. The number of para-hydroxylation sites is 1. The van der Waals surface area contributed by atoms with Crippen LogP contribution in [0.15, 0.2) is 41.3 Å². The van der Waals surface area contributed by atoms with E-state index in [-0.39, 0.29) is 0 Å². The minimum Gasteiger partial charge on any atom is -0.255 e. The van der Waals surface area contributed by atoms with Crippen LogP contribution in [0.5, 0.6) is 0 Å². The van der Waals surface area contributed by atoms with Crippen molar-refractivity contribution < 1.29 is 8.42 Å². The Balaban J connectivity index is 1.70. The zero-order chi connectivity index (χ0) is 16.0. The molecule has 1 aromatic heterocycles. The number of sulfonamides is 1. The van der Waals surface area contributed by atoms with E-state index in [1.54, 1.807) is 12.1 Å². The van der Waals surface area contributed by atoms with Gasteiger partial charge in [-0.1, -0.05) is 29.5 Å². The van der Waals surface area contributed by atoms with Crippen molar-refractivity contribution in [3.05, 3.63) is 53.1 Å². The Bertz CT molecular complexity index is 1010. The third-order valence-corrected chi connectivity index (χ3v) is 6.62. The van der Waals surface area contributed by atoms with Crippen molar-refractivity contribution in [3.8, 4) is 0 Å². The van der Waals surface area contributed by atoms with Gasteiger partial charge in [-0.3, -0.25) is 4.72 Å². The zero-order valence-electron chi connectivity index (χ0n) is 12.7. The van der Waals surface area contributed by atoms with Crippen molar-refractivity contribution in [2.75, 3.05) is 4.72 Å². The molecular weight excluding hydrogens is 328 g/mol. The standard InChI is InChI=1S/C17H16N2O2S2/c1-11-4-2-7-15-16(11)18-17(22-15)19-23(20,21)14-9-8-12-5-3-6-13(12)10-14/h2,4,7-10H,3,5-6H2,1H3,(H,18,19). The van der Waals surface area contributed by atoms with E-state index in [0.717, 1.165) is 40.6 Å². The van der Waals surface area contributed by atoms with E-state index < -0.39 is 10.0 Å². The quantitative estimate of drug-likeness (QED) is 0.784. The van der Waals surface area contributed by atoms with Crippen LogP contribution in [0, 0.1) is 6.92 Å². The molecule has 0 fully saturated rings. The molecule has 4 rings (SSSR count). The Labute approximate surface area is 139 Å². The Morgan fingerprint density at radius 2 is 1.96 bits per heavy atom. The van der Waals surface area contributed by atoms with Crippen LogP contribution >= 0.6 is 11.3 Å². The number of benzene rings is 2. The largest absolute Gasteiger partial charge is 0.263 e. The number of fused-ring (bicyclic) bond motifs is 2. The van der Waals surface area contributed by atoms with Crippen molar-refractivity contribution in [2.45, 2.75) is 31.1 Å². The maximum Gasteiger partial charge on any atom is 0.263 e. The summed E-state index contributed by atoms with van der Waals surface area (Å²) in [5.41, 5.74) is 4.30. The minimum atomic E-state index is -3.60. The highest BCUT2D eigenvalue weighted by atomic mass is 32.2. The predicted octanol–water partition coefficient (Wildman–Crippen LogP) is 3.89. The van der Waals surface area contributed by atoms with Crippen molar-refractivity contribution in [1.82, 2.24) is 4.98 Å². The molecule has 0 amide bonds. The summed E-state index contributed by atoms with van der Waals surface area (Å²) in [5.74, 6) is 0. The van der Waals surface area contributed by atoms with Gasteiger partial charge in [0.05, 0.1) is 15.1 Å². The molecular formula is C17H16N2O2S2. The van der Waals surface area contributed by atoms with Gasteiger partial charge < -0.3 is 0 Å². The van der Waals surface area contributed by atoms with Gasteiger partial charge in [0.2, 0.25) is 0 Å². The number of hydrogen-bond acceptors (Lipinski definition) is 4. The van der Waals surface area contributed by atoms with E-state index in [1.165, 1.54) is 16.9 Å². The average Bonchev–Trinajstić information content (AvgIpc) is 3.12. The maximum absolute atomic E-state index is 12.6. The second-order valence-corrected chi connectivity index (χ2v) is 8.54. The molecule has 0 spiro atoms. The summed E-state index contributed by atoms with van der Waals surface area (Å²) >= 11 is 1.36. The fraction of sp³-hybridized carbons (Fsp3) is 0.235. The third-order valence-electron chi connectivity index (χ3n) is 4.22. The Kier molecular flexibility index (Phi) is 3.39. The van der Waals surface area contributed by atoms with E-state index >= 15 is 0 Å². The highest BCUT2D eigenvalue weighted by Crippen LogP contribution is 2.30. The Hall–Kier alpha value is -1.92.